The van der Waals surface area contributed by atoms with Gasteiger partial charge < -0.3 is 4.74 Å². The molecule has 0 bridgehead atoms. The monoisotopic (exact) mass is 325 g/mol. The number of tetrazole rings is 1. The van der Waals surface area contributed by atoms with Crippen LogP contribution in [0.1, 0.15) is 12.8 Å². The predicted octanol–water partition coefficient (Wildman–Crippen LogP) is 2.05. The summed E-state index contributed by atoms with van der Waals surface area (Å²) in [5.74, 6) is -0.657. The van der Waals surface area contributed by atoms with Gasteiger partial charge in [-0.1, -0.05) is 0 Å². The van der Waals surface area contributed by atoms with Crippen LogP contribution in [0.15, 0.2) is 28.3 Å². The molecule has 3 rings (SSSR count). The molecule has 22 heavy (non-hydrogen) atoms. The van der Waals surface area contributed by atoms with Crippen molar-refractivity contribution in [2.45, 2.75) is 35.5 Å². The van der Waals surface area contributed by atoms with Gasteiger partial charge in [-0.2, -0.15) is 0 Å². The second-order valence-corrected chi connectivity index (χ2v) is 5.76. The third-order valence-corrected chi connectivity index (χ3v) is 4.26. The van der Waals surface area contributed by atoms with Crippen molar-refractivity contribution in [1.29, 1.82) is 0 Å². The standard InChI is InChI=1S/C12H12FN5O3S/c13-8-3-4-11(10(6-8)18(19)20)22-12-14-15-16-17(12)7-9-2-1-5-21-9/h3-4,6,9H,1-2,5,7H2. The number of halogens is 1. The summed E-state index contributed by atoms with van der Waals surface area (Å²) in [5.41, 5.74) is -0.309. The molecule has 2 aromatic rings. The summed E-state index contributed by atoms with van der Waals surface area (Å²) >= 11 is 1.03. The number of nitro benzene ring substituents is 1. The van der Waals surface area contributed by atoms with Crippen molar-refractivity contribution in [3.8, 4) is 0 Å². The Kier molecular flexibility index (Phi) is 4.29. The molecule has 1 aliphatic heterocycles. The van der Waals surface area contributed by atoms with Gasteiger partial charge in [0.25, 0.3) is 5.69 Å². The highest BCUT2D eigenvalue weighted by Crippen LogP contribution is 2.34. The van der Waals surface area contributed by atoms with Crippen LogP contribution in [-0.4, -0.2) is 37.8 Å². The number of nitrogens with zero attached hydrogens (tertiary/aromatic N) is 5. The van der Waals surface area contributed by atoms with Gasteiger partial charge in [-0.25, -0.2) is 9.07 Å². The average molecular weight is 325 g/mol. The van der Waals surface area contributed by atoms with Crippen molar-refractivity contribution >= 4 is 17.4 Å². The van der Waals surface area contributed by atoms with Crippen molar-refractivity contribution in [2.24, 2.45) is 0 Å². The molecular formula is C12H12FN5O3S. The second-order valence-electron chi connectivity index (χ2n) is 4.75. The Hall–Kier alpha value is -2.07. The minimum absolute atomic E-state index is 0.0473. The Bertz CT molecular complexity index is 689. The molecule has 1 aliphatic rings. The molecular weight excluding hydrogens is 313 g/mol. The van der Waals surface area contributed by atoms with Crippen LogP contribution < -0.4 is 0 Å². The Morgan fingerprint density at radius 2 is 2.41 bits per heavy atom. The van der Waals surface area contributed by atoms with E-state index in [4.69, 9.17) is 4.74 Å². The maximum Gasteiger partial charge on any atom is 0.286 e. The minimum Gasteiger partial charge on any atom is -0.376 e. The molecule has 0 spiro atoms. The average Bonchev–Trinajstić information content (AvgIpc) is 3.14. The smallest absolute Gasteiger partial charge is 0.286 e. The fraction of sp³-hybridized carbons (Fsp3) is 0.417. The third kappa shape index (κ3) is 3.22. The second kappa shape index (κ2) is 6.36. The number of benzene rings is 1. The number of rotatable bonds is 5. The van der Waals surface area contributed by atoms with Crippen LogP contribution in [0.5, 0.6) is 0 Å². The molecule has 0 saturated carbocycles. The molecule has 1 fully saturated rings. The van der Waals surface area contributed by atoms with Gasteiger partial charge in [-0.15, -0.1) is 5.10 Å². The third-order valence-electron chi connectivity index (χ3n) is 3.22. The fourth-order valence-corrected chi connectivity index (χ4v) is 3.05. The molecule has 10 heteroatoms. The zero-order chi connectivity index (χ0) is 15.5. The van der Waals surface area contributed by atoms with Crippen molar-refractivity contribution in [3.63, 3.8) is 0 Å². The molecule has 2 heterocycles. The van der Waals surface area contributed by atoms with Crippen LogP contribution in [0, 0.1) is 15.9 Å². The number of nitro groups is 1. The molecule has 1 aromatic carbocycles. The largest absolute Gasteiger partial charge is 0.376 e. The lowest BCUT2D eigenvalue weighted by atomic mass is 10.2. The Balaban J connectivity index is 1.82. The van der Waals surface area contributed by atoms with Crippen LogP contribution in [0.25, 0.3) is 0 Å². The molecule has 0 N–H and O–H groups in total. The molecule has 0 amide bonds. The minimum atomic E-state index is -0.657. The molecule has 1 atom stereocenters. The summed E-state index contributed by atoms with van der Waals surface area (Å²) < 4.78 is 20.2. The van der Waals surface area contributed by atoms with E-state index in [-0.39, 0.29) is 16.7 Å². The summed E-state index contributed by atoms with van der Waals surface area (Å²) in [6, 6.07) is 3.41. The predicted molar refractivity (Wildman–Crippen MR) is 74.0 cm³/mol. The molecule has 0 aliphatic carbocycles. The van der Waals surface area contributed by atoms with E-state index in [9.17, 15) is 14.5 Å². The fourth-order valence-electron chi connectivity index (χ4n) is 2.18. The maximum atomic E-state index is 13.2. The number of hydrogen-bond acceptors (Lipinski definition) is 7. The van der Waals surface area contributed by atoms with Crippen molar-refractivity contribution in [1.82, 2.24) is 20.2 Å². The van der Waals surface area contributed by atoms with Crippen molar-refractivity contribution < 1.29 is 14.1 Å². The Morgan fingerprint density at radius 3 is 3.14 bits per heavy atom. The lowest BCUT2D eigenvalue weighted by Gasteiger charge is -2.10. The topological polar surface area (TPSA) is 96.0 Å². The lowest BCUT2D eigenvalue weighted by molar-refractivity contribution is -0.387. The van der Waals surface area contributed by atoms with Gasteiger partial charge >= 0.3 is 0 Å². The zero-order valence-corrected chi connectivity index (χ0v) is 12.2. The van der Waals surface area contributed by atoms with Crippen LogP contribution in [0.2, 0.25) is 0 Å². The van der Waals surface area contributed by atoms with Crippen molar-refractivity contribution in [2.75, 3.05) is 6.61 Å². The van der Waals surface area contributed by atoms with Crippen LogP contribution in [0.3, 0.4) is 0 Å². The first-order chi connectivity index (χ1) is 10.6. The highest BCUT2D eigenvalue weighted by Gasteiger charge is 2.22. The normalized spacial score (nSPS) is 17.8. The zero-order valence-electron chi connectivity index (χ0n) is 11.4. The summed E-state index contributed by atoms with van der Waals surface area (Å²) in [4.78, 5) is 10.7. The first-order valence-electron chi connectivity index (χ1n) is 6.63. The van der Waals surface area contributed by atoms with E-state index in [0.717, 1.165) is 37.3 Å². The van der Waals surface area contributed by atoms with Crippen molar-refractivity contribution in [3.05, 3.63) is 34.1 Å². The SMILES string of the molecule is O=[N+]([O-])c1cc(F)ccc1Sc1nnnn1CC1CCCO1. The lowest BCUT2D eigenvalue weighted by Crippen LogP contribution is -2.16. The molecule has 0 radical (unpaired) electrons. The Morgan fingerprint density at radius 1 is 1.55 bits per heavy atom. The number of ether oxygens (including phenoxy) is 1. The van der Waals surface area contributed by atoms with E-state index in [1.165, 1.54) is 12.1 Å². The highest BCUT2D eigenvalue weighted by atomic mass is 32.2. The van der Waals surface area contributed by atoms with E-state index < -0.39 is 10.7 Å². The van der Waals surface area contributed by atoms with E-state index in [1.807, 2.05) is 0 Å². The van der Waals surface area contributed by atoms with E-state index >= 15 is 0 Å². The summed E-state index contributed by atoms with van der Waals surface area (Å²) in [6.45, 7) is 1.21. The summed E-state index contributed by atoms with van der Waals surface area (Å²) in [7, 11) is 0. The molecule has 8 nitrogen and oxygen atoms in total. The van der Waals surface area contributed by atoms with Crippen LogP contribution in [0.4, 0.5) is 10.1 Å². The van der Waals surface area contributed by atoms with Crippen LogP contribution >= 0.6 is 11.8 Å². The van der Waals surface area contributed by atoms with Gasteiger partial charge in [-0.3, -0.25) is 10.1 Å². The van der Waals surface area contributed by atoms with Gasteiger partial charge in [0, 0.05) is 6.61 Å². The number of hydrogen-bond donors (Lipinski definition) is 0. The van der Waals surface area contributed by atoms with Gasteiger partial charge in [0.15, 0.2) is 0 Å². The van der Waals surface area contributed by atoms with E-state index in [1.54, 1.807) is 4.68 Å². The summed E-state index contributed by atoms with van der Waals surface area (Å²) in [6.07, 6.45) is 1.98. The Labute approximate surface area is 128 Å². The van der Waals surface area contributed by atoms with Gasteiger partial charge in [0.2, 0.25) is 5.16 Å². The van der Waals surface area contributed by atoms with Gasteiger partial charge in [0.05, 0.1) is 28.5 Å². The first kappa shape index (κ1) is 14.9. The van der Waals surface area contributed by atoms with E-state index in [2.05, 4.69) is 15.5 Å². The van der Waals surface area contributed by atoms with Gasteiger partial charge in [0.1, 0.15) is 5.82 Å². The quantitative estimate of drug-likeness (QED) is 0.613. The molecule has 116 valence electrons. The number of aromatic nitrogens is 4. The molecule has 1 aromatic heterocycles. The van der Waals surface area contributed by atoms with Gasteiger partial charge in [-0.05, 0) is 47.2 Å². The van der Waals surface area contributed by atoms with E-state index in [0.29, 0.717) is 11.7 Å². The molecule has 1 saturated heterocycles. The molecule has 1 unspecified atom stereocenters. The first-order valence-corrected chi connectivity index (χ1v) is 7.44. The van der Waals surface area contributed by atoms with Crippen LogP contribution in [-0.2, 0) is 11.3 Å². The highest BCUT2D eigenvalue weighted by molar-refractivity contribution is 7.99. The maximum absolute atomic E-state index is 13.2. The summed E-state index contributed by atoms with van der Waals surface area (Å²) in [5, 5.41) is 22.8.